The molecular weight excluding hydrogens is 739 g/mol. The van der Waals surface area contributed by atoms with Crippen LogP contribution in [-0.2, 0) is 10.8 Å². The van der Waals surface area contributed by atoms with Crippen LogP contribution in [0.3, 0.4) is 0 Å². The topological polar surface area (TPSA) is 16.4 Å². The molecule has 12 rings (SSSR count). The van der Waals surface area contributed by atoms with Crippen LogP contribution in [0, 0.1) is 0 Å². The Morgan fingerprint density at radius 1 is 0.525 bits per heavy atom. The number of rotatable bonds is 6. The van der Waals surface area contributed by atoms with Gasteiger partial charge in [-0.2, -0.15) is 0 Å². The van der Waals surface area contributed by atoms with Crippen molar-refractivity contribution in [3.8, 4) is 33.4 Å². The van der Waals surface area contributed by atoms with Crippen molar-refractivity contribution in [3.63, 3.8) is 0 Å². The monoisotopic (exact) mass is 787 g/mol. The zero-order chi connectivity index (χ0) is 40.7. The van der Waals surface area contributed by atoms with Crippen LogP contribution in [0.25, 0.3) is 60.9 Å². The summed E-state index contributed by atoms with van der Waals surface area (Å²) < 4.78 is 6.67. The molecule has 1 atom stereocenters. The van der Waals surface area contributed by atoms with Crippen molar-refractivity contribution in [2.45, 2.75) is 69.6 Å². The Hall–Kier alpha value is -6.64. The number of anilines is 2. The molecule has 7 aromatic carbocycles. The molecule has 2 nitrogen and oxygen atoms in total. The predicted octanol–water partition coefficient (Wildman–Crippen LogP) is 16.2. The Morgan fingerprint density at radius 2 is 1.21 bits per heavy atom. The van der Waals surface area contributed by atoms with Crippen LogP contribution in [0.4, 0.5) is 11.4 Å². The molecule has 0 N–H and O–H groups in total. The average Bonchev–Trinajstić information content (AvgIpc) is 3.80. The molecule has 61 heavy (non-hydrogen) atoms. The SMILES string of the molecule is CCC1(C)c2ccccc2-c2ccc(N(C3=CC=C(c4ccccc4)C=CC3)c3ccc(-c4ccc5oc6cc7c(cc6c5c4)-c4ccccc4C74CCCCC4)cc3)cc21. The summed E-state index contributed by atoms with van der Waals surface area (Å²) in [5.74, 6) is 0. The largest absolute Gasteiger partial charge is 0.456 e. The Morgan fingerprint density at radius 3 is 2.02 bits per heavy atom. The van der Waals surface area contributed by atoms with Gasteiger partial charge in [0.1, 0.15) is 11.2 Å². The number of hydrogen-bond acceptors (Lipinski definition) is 2. The lowest BCUT2D eigenvalue weighted by molar-refractivity contribution is 0.353. The Kier molecular flexibility index (Phi) is 8.29. The van der Waals surface area contributed by atoms with Crippen LogP contribution in [0.5, 0.6) is 0 Å². The first kappa shape index (κ1) is 36.2. The van der Waals surface area contributed by atoms with E-state index < -0.39 is 0 Å². The summed E-state index contributed by atoms with van der Waals surface area (Å²) in [5.41, 5.74) is 21.8. The molecule has 0 radical (unpaired) electrons. The summed E-state index contributed by atoms with van der Waals surface area (Å²) in [6.45, 7) is 4.74. The van der Waals surface area contributed by atoms with Gasteiger partial charge in [-0.25, -0.2) is 0 Å². The molecule has 1 saturated carbocycles. The maximum absolute atomic E-state index is 6.67. The van der Waals surface area contributed by atoms with E-state index in [9.17, 15) is 0 Å². The van der Waals surface area contributed by atoms with Crippen molar-refractivity contribution < 1.29 is 4.42 Å². The maximum atomic E-state index is 6.67. The fraction of sp³-hybridized carbons (Fsp3) is 0.186. The Labute approximate surface area is 359 Å². The summed E-state index contributed by atoms with van der Waals surface area (Å²) >= 11 is 0. The molecule has 4 aliphatic carbocycles. The fourth-order valence-electron chi connectivity index (χ4n) is 11.6. The van der Waals surface area contributed by atoms with E-state index in [4.69, 9.17) is 4.42 Å². The van der Waals surface area contributed by atoms with Crippen molar-refractivity contribution in [2.75, 3.05) is 4.90 Å². The van der Waals surface area contributed by atoms with Gasteiger partial charge in [0.15, 0.2) is 0 Å². The van der Waals surface area contributed by atoms with E-state index in [1.54, 1.807) is 0 Å². The molecule has 8 aromatic rings. The maximum Gasteiger partial charge on any atom is 0.135 e. The Bertz CT molecular complexity index is 3130. The summed E-state index contributed by atoms with van der Waals surface area (Å²) in [6.07, 6.45) is 17.4. The van der Waals surface area contributed by atoms with Gasteiger partial charge in [0, 0.05) is 45.1 Å². The van der Waals surface area contributed by atoms with Crippen molar-refractivity contribution >= 4 is 38.9 Å². The lowest BCUT2D eigenvalue weighted by Gasteiger charge is -2.35. The van der Waals surface area contributed by atoms with E-state index >= 15 is 0 Å². The minimum atomic E-state index is -0.0494. The molecule has 1 fully saturated rings. The number of nitrogens with zero attached hydrogens (tertiary/aromatic N) is 1. The minimum Gasteiger partial charge on any atom is -0.456 e. The first-order valence-corrected chi connectivity index (χ1v) is 22.4. The second-order valence-corrected chi connectivity index (χ2v) is 18.0. The van der Waals surface area contributed by atoms with E-state index in [1.807, 2.05) is 0 Å². The number of fused-ring (bicyclic) bond motifs is 11. The molecule has 2 heteroatoms. The third-order valence-electron chi connectivity index (χ3n) is 14.9. The zero-order valence-electron chi connectivity index (χ0n) is 35.0. The molecule has 0 aliphatic heterocycles. The normalized spacial score (nSPS) is 18.3. The quantitative estimate of drug-likeness (QED) is 0.167. The van der Waals surface area contributed by atoms with E-state index in [0.717, 1.165) is 29.7 Å². The van der Waals surface area contributed by atoms with Gasteiger partial charge in [-0.15, -0.1) is 0 Å². The zero-order valence-corrected chi connectivity index (χ0v) is 35.0. The summed E-state index contributed by atoms with van der Waals surface area (Å²) in [7, 11) is 0. The third kappa shape index (κ3) is 5.54. The van der Waals surface area contributed by atoms with Crippen LogP contribution in [0.2, 0.25) is 0 Å². The van der Waals surface area contributed by atoms with Gasteiger partial charge in [-0.1, -0.05) is 154 Å². The highest BCUT2D eigenvalue weighted by Gasteiger charge is 2.44. The van der Waals surface area contributed by atoms with Gasteiger partial charge in [0.25, 0.3) is 0 Å². The predicted molar refractivity (Wildman–Crippen MR) is 255 cm³/mol. The molecule has 1 heterocycles. The standard InChI is InChI=1S/C59H49NO/c1-3-58(2)52-21-10-8-19-46(52)48-31-30-45(36-54(48)58)60(43-18-14-17-40(23-27-43)39-15-6-4-7-16-39)44-28-24-41(25-29-44)42-26-32-56-50(35-42)51-37-49-47-20-9-11-22-53(47)59(33-12-5-13-34-59)55(49)38-57(51)61-56/h4,6-11,14-17,19-32,35-38H,3,5,12-13,18,33-34H2,1-2H3. The van der Waals surface area contributed by atoms with E-state index in [2.05, 4.69) is 195 Å². The van der Waals surface area contributed by atoms with E-state index in [1.165, 1.54) is 121 Å². The van der Waals surface area contributed by atoms with E-state index in [-0.39, 0.29) is 10.8 Å². The minimum absolute atomic E-state index is 0.0494. The molecule has 1 unspecified atom stereocenters. The number of furan rings is 1. The fourth-order valence-corrected chi connectivity index (χ4v) is 11.6. The van der Waals surface area contributed by atoms with Gasteiger partial charge >= 0.3 is 0 Å². The van der Waals surface area contributed by atoms with Gasteiger partial charge in [-0.3, -0.25) is 0 Å². The Balaban J connectivity index is 0.946. The number of hydrogen-bond donors (Lipinski definition) is 0. The second-order valence-electron chi connectivity index (χ2n) is 18.0. The lowest BCUT2D eigenvalue weighted by atomic mass is 9.68. The number of allylic oxidation sites excluding steroid dienone is 5. The second kappa shape index (κ2) is 14.0. The molecule has 1 spiro atoms. The first-order chi connectivity index (χ1) is 30.0. The highest BCUT2D eigenvalue weighted by atomic mass is 16.3. The van der Waals surface area contributed by atoms with Gasteiger partial charge in [0.05, 0.1) is 0 Å². The molecule has 296 valence electrons. The highest BCUT2D eigenvalue weighted by molar-refractivity contribution is 6.09. The molecule has 0 bridgehead atoms. The highest BCUT2D eigenvalue weighted by Crippen LogP contribution is 2.57. The van der Waals surface area contributed by atoms with Crippen LogP contribution in [-0.4, -0.2) is 0 Å². The van der Waals surface area contributed by atoms with Crippen molar-refractivity contribution in [3.05, 3.63) is 209 Å². The van der Waals surface area contributed by atoms with Gasteiger partial charge < -0.3 is 9.32 Å². The van der Waals surface area contributed by atoms with Crippen LogP contribution in [0.15, 0.2) is 186 Å². The van der Waals surface area contributed by atoms with Crippen molar-refractivity contribution in [1.82, 2.24) is 0 Å². The molecule has 0 amide bonds. The smallest absolute Gasteiger partial charge is 0.135 e. The molecule has 0 saturated heterocycles. The lowest BCUT2D eigenvalue weighted by Crippen LogP contribution is -2.27. The van der Waals surface area contributed by atoms with Crippen molar-refractivity contribution in [2.24, 2.45) is 0 Å². The summed E-state index contributed by atoms with van der Waals surface area (Å²) in [6, 6.07) is 56.8. The van der Waals surface area contributed by atoms with Crippen LogP contribution >= 0.6 is 0 Å². The van der Waals surface area contributed by atoms with Crippen LogP contribution in [0.1, 0.15) is 86.6 Å². The molecule has 4 aliphatic rings. The van der Waals surface area contributed by atoms with Gasteiger partial charge in [-0.05, 0) is 141 Å². The van der Waals surface area contributed by atoms with E-state index in [0.29, 0.717) is 0 Å². The number of benzene rings is 7. The first-order valence-electron chi connectivity index (χ1n) is 22.4. The van der Waals surface area contributed by atoms with Crippen molar-refractivity contribution in [1.29, 1.82) is 0 Å². The molecule has 1 aromatic heterocycles. The average molecular weight is 788 g/mol. The summed E-state index contributed by atoms with van der Waals surface area (Å²) in [4.78, 5) is 2.47. The summed E-state index contributed by atoms with van der Waals surface area (Å²) in [5, 5.41) is 2.38. The van der Waals surface area contributed by atoms with Crippen LogP contribution < -0.4 is 4.90 Å². The third-order valence-corrected chi connectivity index (χ3v) is 14.9. The molecular formula is C59H49NO. The van der Waals surface area contributed by atoms with Gasteiger partial charge in [0.2, 0.25) is 0 Å².